The molecule has 2 aromatic carbocycles. The van der Waals surface area contributed by atoms with Crippen molar-refractivity contribution in [1.29, 1.82) is 0 Å². The fourth-order valence-corrected chi connectivity index (χ4v) is 7.57. The molecular weight excluding hydrogens is 436 g/mol. The molecule has 7 heteroatoms. The number of likely N-dealkylation sites (tertiary alicyclic amines) is 1. The number of aliphatic hydroxyl groups is 1. The molecule has 0 amide bonds. The molecule has 2 aromatic rings. The molecule has 5 rings (SSSR count). The number of piperidine rings is 1. The summed E-state index contributed by atoms with van der Waals surface area (Å²) in [6, 6.07) is 16.3. The molecule has 3 aliphatic rings. The van der Waals surface area contributed by atoms with Gasteiger partial charge < -0.3 is 9.84 Å². The van der Waals surface area contributed by atoms with E-state index in [0.717, 1.165) is 32.4 Å². The zero-order valence-corrected chi connectivity index (χ0v) is 20.3. The van der Waals surface area contributed by atoms with E-state index in [-0.39, 0.29) is 17.8 Å². The highest BCUT2D eigenvalue weighted by Gasteiger charge is 2.67. The molecule has 2 fully saturated rings. The van der Waals surface area contributed by atoms with Crippen molar-refractivity contribution in [2.75, 3.05) is 43.8 Å². The molecular formula is C26H34N2O4S. The first-order valence-electron chi connectivity index (χ1n) is 11.9. The second-order valence-electron chi connectivity index (χ2n) is 10.1. The van der Waals surface area contributed by atoms with Crippen LogP contribution in [-0.4, -0.2) is 63.1 Å². The third-order valence-electron chi connectivity index (χ3n) is 8.10. The van der Waals surface area contributed by atoms with Crippen molar-refractivity contribution in [2.45, 2.75) is 37.2 Å². The Morgan fingerprint density at radius 1 is 1.09 bits per heavy atom. The second kappa shape index (κ2) is 8.38. The number of nitrogens with zero attached hydrogens (tertiary/aromatic N) is 1. The van der Waals surface area contributed by atoms with E-state index in [1.165, 1.54) is 23.8 Å². The van der Waals surface area contributed by atoms with Crippen molar-refractivity contribution in [3.8, 4) is 0 Å². The predicted molar refractivity (Wildman–Crippen MR) is 130 cm³/mol. The molecule has 0 aromatic heterocycles. The van der Waals surface area contributed by atoms with Crippen LogP contribution in [0.25, 0.3) is 0 Å². The summed E-state index contributed by atoms with van der Waals surface area (Å²) in [6.07, 6.45) is 2.50. The number of sulfonamides is 1. The van der Waals surface area contributed by atoms with Gasteiger partial charge in [0.1, 0.15) is 0 Å². The van der Waals surface area contributed by atoms with Gasteiger partial charge in [-0.1, -0.05) is 43.3 Å². The normalized spacial score (nSPS) is 27.8. The molecule has 1 heterocycles. The smallest absolute Gasteiger partial charge is 0.234 e. The molecule has 6 nitrogen and oxygen atoms in total. The Hall–Kier alpha value is -1.93. The maximum Gasteiger partial charge on any atom is 0.234 e. The van der Waals surface area contributed by atoms with E-state index < -0.39 is 15.6 Å². The summed E-state index contributed by atoms with van der Waals surface area (Å²) >= 11 is 0. The van der Waals surface area contributed by atoms with Gasteiger partial charge in [-0.2, -0.15) is 0 Å². The average Bonchev–Trinajstić information content (AvgIpc) is 3.04. The van der Waals surface area contributed by atoms with Gasteiger partial charge in [-0.15, -0.1) is 0 Å². The van der Waals surface area contributed by atoms with Crippen molar-refractivity contribution < 1.29 is 18.3 Å². The molecule has 0 spiro atoms. The monoisotopic (exact) mass is 470 g/mol. The minimum Gasteiger partial charge on any atom is -0.388 e. The third kappa shape index (κ3) is 4.20. The van der Waals surface area contributed by atoms with Gasteiger partial charge >= 0.3 is 0 Å². The fourth-order valence-electron chi connectivity index (χ4n) is 6.60. The highest BCUT2D eigenvalue weighted by atomic mass is 32.2. The van der Waals surface area contributed by atoms with Crippen LogP contribution in [0.2, 0.25) is 0 Å². The van der Waals surface area contributed by atoms with E-state index in [4.69, 9.17) is 4.74 Å². The first kappa shape index (κ1) is 22.8. The number of benzene rings is 2. The number of hydrogen-bond donors (Lipinski definition) is 2. The summed E-state index contributed by atoms with van der Waals surface area (Å²) in [6.45, 7) is 5.10. The molecule has 178 valence electrons. The molecule has 1 saturated heterocycles. The van der Waals surface area contributed by atoms with Gasteiger partial charge in [0, 0.05) is 50.7 Å². The van der Waals surface area contributed by atoms with Crippen LogP contribution in [0.1, 0.15) is 30.0 Å². The van der Waals surface area contributed by atoms with Crippen LogP contribution in [0.15, 0.2) is 48.5 Å². The first-order chi connectivity index (χ1) is 15.8. The number of anilines is 1. The van der Waals surface area contributed by atoms with E-state index in [0.29, 0.717) is 24.1 Å². The molecule has 1 saturated carbocycles. The molecule has 0 radical (unpaired) electrons. The summed E-state index contributed by atoms with van der Waals surface area (Å²) in [4.78, 5) is 2.44. The zero-order chi connectivity index (χ0) is 23.3. The van der Waals surface area contributed by atoms with Crippen molar-refractivity contribution >= 4 is 15.7 Å². The van der Waals surface area contributed by atoms with Crippen molar-refractivity contribution in [2.24, 2.45) is 11.8 Å². The van der Waals surface area contributed by atoms with Crippen LogP contribution in [0.5, 0.6) is 0 Å². The highest BCUT2D eigenvalue weighted by molar-refractivity contribution is 7.92. The summed E-state index contributed by atoms with van der Waals surface area (Å²) in [5.74, 6) is 1.05. The molecule has 2 atom stereocenters. The number of hydrogen-bond acceptors (Lipinski definition) is 5. The summed E-state index contributed by atoms with van der Waals surface area (Å²) in [5, 5.41) is 11.3. The highest BCUT2D eigenvalue weighted by Crippen LogP contribution is 2.65. The SMILES string of the molecule is CCC1(c2cccc(NS(=O)(=O)CCOC)c2)C2CN(CC3(O)Cc4ccccc4C3)CC21. The quantitative estimate of drug-likeness (QED) is 0.589. The number of ether oxygens (including phenoxy) is 1. The Bertz CT molecular complexity index is 1100. The van der Waals surface area contributed by atoms with Gasteiger partial charge in [0.05, 0.1) is 18.0 Å². The van der Waals surface area contributed by atoms with Crippen LogP contribution in [-0.2, 0) is 33.0 Å². The van der Waals surface area contributed by atoms with Gasteiger partial charge in [-0.25, -0.2) is 8.42 Å². The van der Waals surface area contributed by atoms with E-state index in [1.54, 1.807) is 0 Å². The van der Waals surface area contributed by atoms with Gasteiger partial charge in [0.2, 0.25) is 10.0 Å². The second-order valence-corrected chi connectivity index (χ2v) is 12.0. The number of methoxy groups -OCH3 is 1. The molecule has 2 aliphatic carbocycles. The van der Waals surface area contributed by atoms with Crippen molar-refractivity contribution in [3.05, 3.63) is 65.2 Å². The van der Waals surface area contributed by atoms with Crippen LogP contribution < -0.4 is 4.72 Å². The van der Waals surface area contributed by atoms with Crippen LogP contribution in [0.3, 0.4) is 0 Å². The Morgan fingerprint density at radius 3 is 2.36 bits per heavy atom. The van der Waals surface area contributed by atoms with E-state index in [2.05, 4.69) is 46.9 Å². The summed E-state index contributed by atoms with van der Waals surface area (Å²) in [7, 11) is -1.93. The maximum absolute atomic E-state index is 12.3. The first-order valence-corrected chi connectivity index (χ1v) is 13.6. The summed E-state index contributed by atoms with van der Waals surface area (Å²) in [5.41, 5.74) is 3.82. The average molecular weight is 471 g/mol. The molecule has 1 aliphatic heterocycles. The Morgan fingerprint density at radius 2 is 1.76 bits per heavy atom. The van der Waals surface area contributed by atoms with Crippen molar-refractivity contribution in [1.82, 2.24) is 4.90 Å². The van der Waals surface area contributed by atoms with Crippen LogP contribution >= 0.6 is 0 Å². The number of β-amino-alcohol motifs (C(OH)–C–C–N with tert-alkyl or cyclic N) is 1. The maximum atomic E-state index is 12.3. The lowest BCUT2D eigenvalue weighted by Crippen LogP contribution is -2.45. The van der Waals surface area contributed by atoms with Crippen LogP contribution in [0, 0.1) is 11.8 Å². The van der Waals surface area contributed by atoms with E-state index >= 15 is 0 Å². The molecule has 2 N–H and O–H groups in total. The minimum atomic E-state index is -3.43. The van der Waals surface area contributed by atoms with Gasteiger partial charge in [0.15, 0.2) is 0 Å². The Kier molecular flexibility index (Phi) is 5.80. The number of fused-ring (bicyclic) bond motifs is 2. The Balaban J connectivity index is 1.25. The Labute approximate surface area is 197 Å². The standard InChI is InChI=1S/C26H34N2O4S/c1-3-26(21-9-6-10-22(13-21)27-33(30,31)12-11-32-2)23-16-28(17-24(23)26)18-25(29)14-19-7-4-5-8-20(19)15-25/h4-10,13,23-24,27,29H,3,11-12,14-18H2,1-2H3. The topological polar surface area (TPSA) is 78.9 Å². The number of rotatable bonds is 9. The van der Waals surface area contributed by atoms with Gasteiger partial charge in [0.25, 0.3) is 0 Å². The molecule has 2 unspecified atom stereocenters. The molecule has 33 heavy (non-hydrogen) atoms. The number of nitrogens with one attached hydrogen (secondary N) is 1. The van der Waals surface area contributed by atoms with Crippen LogP contribution in [0.4, 0.5) is 5.69 Å². The lowest BCUT2D eigenvalue weighted by atomic mass is 9.87. The fraction of sp³-hybridized carbons (Fsp3) is 0.538. The van der Waals surface area contributed by atoms with Gasteiger partial charge in [-0.3, -0.25) is 9.62 Å². The molecule has 0 bridgehead atoms. The lowest BCUT2D eigenvalue weighted by Gasteiger charge is -2.32. The lowest BCUT2D eigenvalue weighted by molar-refractivity contribution is 0.0139. The minimum absolute atomic E-state index is 0.0559. The van der Waals surface area contributed by atoms with E-state index in [9.17, 15) is 13.5 Å². The predicted octanol–water partition coefficient (Wildman–Crippen LogP) is 2.81. The third-order valence-corrected chi connectivity index (χ3v) is 9.35. The summed E-state index contributed by atoms with van der Waals surface area (Å²) < 4.78 is 32.2. The van der Waals surface area contributed by atoms with E-state index in [1.807, 2.05) is 18.2 Å². The largest absolute Gasteiger partial charge is 0.388 e. The van der Waals surface area contributed by atoms with Gasteiger partial charge in [-0.05, 0) is 47.1 Å². The van der Waals surface area contributed by atoms with Crippen molar-refractivity contribution in [3.63, 3.8) is 0 Å². The zero-order valence-electron chi connectivity index (χ0n) is 19.5.